The van der Waals surface area contributed by atoms with E-state index in [2.05, 4.69) is 37.8 Å². The summed E-state index contributed by atoms with van der Waals surface area (Å²) in [6, 6.07) is 12.9. The maximum absolute atomic E-state index is 11.9. The van der Waals surface area contributed by atoms with Crippen molar-refractivity contribution in [2.75, 3.05) is 6.54 Å². The minimum Gasteiger partial charge on any atom is -0.352 e. The number of rotatable bonds is 7. The molecule has 0 radical (unpaired) electrons. The van der Waals surface area contributed by atoms with Crippen LogP contribution in [0, 0.1) is 0 Å². The fourth-order valence-electron chi connectivity index (χ4n) is 2.53. The van der Waals surface area contributed by atoms with Crippen LogP contribution >= 0.6 is 0 Å². The summed E-state index contributed by atoms with van der Waals surface area (Å²) < 4.78 is 0. The topological polar surface area (TPSA) is 101 Å². The monoisotopic (exact) mass is 349 g/mol. The molecule has 0 aliphatic rings. The maximum atomic E-state index is 11.9. The molecule has 0 saturated heterocycles. The van der Waals surface area contributed by atoms with Gasteiger partial charge in [0.2, 0.25) is 0 Å². The van der Waals surface area contributed by atoms with Crippen molar-refractivity contribution in [2.24, 2.45) is 0 Å². The lowest BCUT2D eigenvalue weighted by molar-refractivity contribution is 0.0952. The Kier molecular flexibility index (Phi) is 5.82. The van der Waals surface area contributed by atoms with E-state index in [1.54, 1.807) is 12.1 Å². The van der Waals surface area contributed by atoms with Crippen molar-refractivity contribution in [3.63, 3.8) is 0 Å². The fraction of sp³-hybridized carbons (Fsp3) is 0.211. The van der Waals surface area contributed by atoms with Gasteiger partial charge in [-0.3, -0.25) is 9.59 Å². The van der Waals surface area contributed by atoms with Gasteiger partial charge in [-0.2, -0.15) is 15.3 Å². The van der Waals surface area contributed by atoms with E-state index in [9.17, 15) is 9.59 Å². The highest BCUT2D eigenvalue weighted by atomic mass is 16.1. The molecular formula is C19H19N5O2. The van der Waals surface area contributed by atoms with Gasteiger partial charge in [0.25, 0.3) is 11.5 Å². The lowest BCUT2D eigenvalue weighted by Crippen LogP contribution is -2.24. The van der Waals surface area contributed by atoms with Crippen molar-refractivity contribution in [3.05, 3.63) is 76.3 Å². The van der Waals surface area contributed by atoms with Gasteiger partial charge in [0.15, 0.2) is 0 Å². The first-order chi connectivity index (χ1) is 12.7. The first-order valence-corrected chi connectivity index (χ1v) is 8.42. The summed E-state index contributed by atoms with van der Waals surface area (Å²) in [7, 11) is 0. The Hall–Kier alpha value is -3.35. The number of aromatic amines is 1. The highest BCUT2D eigenvalue weighted by molar-refractivity contribution is 5.93. The number of unbranched alkanes of at least 4 members (excludes halogenated alkanes) is 1. The molecule has 0 saturated carbocycles. The molecule has 26 heavy (non-hydrogen) atoms. The molecule has 132 valence electrons. The van der Waals surface area contributed by atoms with Crippen LogP contribution in [-0.4, -0.2) is 32.8 Å². The Balaban J connectivity index is 1.42. The smallest absolute Gasteiger partial charge is 0.264 e. The molecule has 2 aromatic heterocycles. The highest BCUT2D eigenvalue weighted by Crippen LogP contribution is 2.16. The largest absolute Gasteiger partial charge is 0.352 e. The molecule has 3 aromatic rings. The number of aryl methyl sites for hydroxylation is 1. The zero-order chi connectivity index (χ0) is 18.2. The van der Waals surface area contributed by atoms with Gasteiger partial charge in [-0.15, -0.1) is 0 Å². The number of carbonyl (C=O) groups excluding carboxylic acids is 1. The summed E-state index contributed by atoms with van der Waals surface area (Å²) in [5.74, 6) is -0.127. The maximum Gasteiger partial charge on any atom is 0.264 e. The number of nitrogens with zero attached hydrogens (tertiary/aromatic N) is 3. The minimum atomic E-state index is -0.211. The van der Waals surface area contributed by atoms with Crippen LogP contribution in [0.1, 0.15) is 28.8 Å². The summed E-state index contributed by atoms with van der Waals surface area (Å²) in [6.45, 7) is 0.626. The third-order valence-electron chi connectivity index (χ3n) is 3.95. The standard InChI is InChI=1S/C19H19N5O2/c25-18-9-8-17(23-24-18)15-6-4-14(5-7-15)3-1-2-11-20-19(26)16-10-12-21-22-13-16/h4-10,12-13H,1-3,11H2,(H,20,26)(H,24,25). The lowest BCUT2D eigenvalue weighted by atomic mass is 10.0. The molecule has 0 bridgehead atoms. The van der Waals surface area contributed by atoms with E-state index in [4.69, 9.17) is 0 Å². The number of amides is 1. The number of H-pyrrole nitrogens is 1. The Labute approximate surface area is 150 Å². The van der Waals surface area contributed by atoms with Gasteiger partial charge in [0.05, 0.1) is 23.7 Å². The SMILES string of the molecule is O=C(NCCCCc1ccc(-c2ccc(=O)[nH]n2)cc1)c1ccnnc1. The van der Waals surface area contributed by atoms with Crippen LogP contribution in [0.5, 0.6) is 0 Å². The van der Waals surface area contributed by atoms with Crippen LogP contribution in [-0.2, 0) is 6.42 Å². The first kappa shape index (κ1) is 17.5. The predicted molar refractivity (Wildman–Crippen MR) is 97.6 cm³/mol. The highest BCUT2D eigenvalue weighted by Gasteiger charge is 2.04. The Morgan fingerprint density at radius 2 is 1.85 bits per heavy atom. The Morgan fingerprint density at radius 3 is 2.54 bits per heavy atom. The van der Waals surface area contributed by atoms with Gasteiger partial charge < -0.3 is 5.32 Å². The predicted octanol–water partition coefficient (Wildman–Crippen LogP) is 1.98. The summed E-state index contributed by atoms with van der Waals surface area (Å²) in [5, 5.41) is 16.7. The average molecular weight is 349 g/mol. The van der Waals surface area contributed by atoms with Crippen molar-refractivity contribution in [2.45, 2.75) is 19.3 Å². The van der Waals surface area contributed by atoms with Gasteiger partial charge in [-0.1, -0.05) is 24.3 Å². The van der Waals surface area contributed by atoms with Crippen molar-refractivity contribution in [1.82, 2.24) is 25.7 Å². The van der Waals surface area contributed by atoms with Crippen molar-refractivity contribution < 1.29 is 4.79 Å². The fourth-order valence-corrected chi connectivity index (χ4v) is 2.53. The molecule has 2 N–H and O–H groups in total. The molecule has 0 fully saturated rings. The molecule has 0 aliphatic carbocycles. The van der Waals surface area contributed by atoms with E-state index < -0.39 is 0 Å². The molecular weight excluding hydrogens is 330 g/mol. The van der Waals surface area contributed by atoms with Crippen LogP contribution in [0.2, 0.25) is 0 Å². The molecule has 0 unspecified atom stereocenters. The van der Waals surface area contributed by atoms with Gasteiger partial charge in [-0.05, 0) is 37.0 Å². The molecule has 7 nitrogen and oxygen atoms in total. The molecule has 0 atom stereocenters. The number of benzene rings is 1. The van der Waals surface area contributed by atoms with Crippen molar-refractivity contribution in [3.8, 4) is 11.3 Å². The molecule has 1 amide bonds. The van der Waals surface area contributed by atoms with Gasteiger partial charge in [0.1, 0.15) is 0 Å². The normalized spacial score (nSPS) is 10.5. The summed E-state index contributed by atoms with van der Waals surface area (Å²) in [4.78, 5) is 22.9. The van der Waals surface area contributed by atoms with Crippen LogP contribution in [0.25, 0.3) is 11.3 Å². The lowest BCUT2D eigenvalue weighted by Gasteiger charge is -2.06. The molecule has 3 rings (SSSR count). The third kappa shape index (κ3) is 4.83. The Bertz CT molecular complexity index is 887. The summed E-state index contributed by atoms with van der Waals surface area (Å²) in [5.41, 5.74) is 3.24. The van der Waals surface area contributed by atoms with E-state index in [1.807, 2.05) is 12.1 Å². The van der Waals surface area contributed by atoms with Gasteiger partial charge in [0, 0.05) is 18.2 Å². The molecule has 7 heteroatoms. The van der Waals surface area contributed by atoms with Crippen LogP contribution < -0.4 is 10.9 Å². The van der Waals surface area contributed by atoms with E-state index in [0.717, 1.165) is 30.5 Å². The van der Waals surface area contributed by atoms with E-state index in [-0.39, 0.29) is 11.5 Å². The second-order valence-electron chi connectivity index (χ2n) is 5.85. The molecule has 2 heterocycles. The Morgan fingerprint density at radius 1 is 1.00 bits per heavy atom. The van der Waals surface area contributed by atoms with Crippen LogP contribution in [0.3, 0.4) is 0 Å². The quantitative estimate of drug-likeness (QED) is 0.635. The molecule has 1 aromatic carbocycles. The summed E-state index contributed by atoms with van der Waals surface area (Å²) >= 11 is 0. The zero-order valence-electron chi connectivity index (χ0n) is 14.2. The minimum absolute atomic E-state index is 0.127. The second-order valence-corrected chi connectivity index (χ2v) is 5.85. The van der Waals surface area contributed by atoms with Gasteiger partial charge in [-0.25, -0.2) is 5.10 Å². The third-order valence-corrected chi connectivity index (χ3v) is 3.95. The van der Waals surface area contributed by atoms with Crippen LogP contribution in [0.15, 0.2) is 59.7 Å². The number of carbonyl (C=O) groups is 1. The first-order valence-electron chi connectivity index (χ1n) is 8.42. The number of hydrogen-bond acceptors (Lipinski definition) is 5. The van der Waals surface area contributed by atoms with Crippen molar-refractivity contribution in [1.29, 1.82) is 0 Å². The average Bonchev–Trinajstić information content (AvgIpc) is 2.69. The summed E-state index contributed by atoms with van der Waals surface area (Å²) in [6.07, 6.45) is 5.76. The second kappa shape index (κ2) is 8.66. The van der Waals surface area contributed by atoms with E-state index in [1.165, 1.54) is 24.0 Å². The van der Waals surface area contributed by atoms with E-state index >= 15 is 0 Å². The zero-order valence-corrected chi connectivity index (χ0v) is 14.2. The number of aromatic nitrogens is 4. The van der Waals surface area contributed by atoms with Crippen molar-refractivity contribution >= 4 is 5.91 Å². The van der Waals surface area contributed by atoms with Gasteiger partial charge >= 0.3 is 0 Å². The van der Waals surface area contributed by atoms with E-state index in [0.29, 0.717) is 12.1 Å². The molecule has 0 spiro atoms. The number of nitrogens with one attached hydrogen (secondary N) is 2. The number of hydrogen-bond donors (Lipinski definition) is 2. The molecule has 0 aliphatic heterocycles. The van der Waals surface area contributed by atoms with Crippen LogP contribution in [0.4, 0.5) is 0 Å².